The second-order valence-electron chi connectivity index (χ2n) is 7.53. The predicted molar refractivity (Wildman–Crippen MR) is 118 cm³/mol. The molecule has 7 nitrogen and oxygen atoms in total. The zero-order valence-electron chi connectivity index (χ0n) is 17.7. The summed E-state index contributed by atoms with van der Waals surface area (Å²) in [6.45, 7) is 3.10. The van der Waals surface area contributed by atoms with Crippen LogP contribution in [0.5, 0.6) is 5.75 Å². The highest BCUT2D eigenvalue weighted by Gasteiger charge is 2.28. The quantitative estimate of drug-likeness (QED) is 0.657. The van der Waals surface area contributed by atoms with Crippen LogP contribution in [0, 0.1) is 12.7 Å². The summed E-state index contributed by atoms with van der Waals surface area (Å²) < 4.78 is 18.7. The zero-order chi connectivity index (χ0) is 22.0. The Morgan fingerprint density at radius 3 is 2.42 bits per heavy atom. The van der Waals surface area contributed by atoms with Crippen LogP contribution in [0.25, 0.3) is 0 Å². The van der Waals surface area contributed by atoms with Crippen LogP contribution in [-0.4, -0.2) is 36.5 Å². The standard InChI is InChI=1S/C23H24FN5O2/c1-15-21-22(28(2)13-20(30)29(21)3)27-23(26-15)25-12-16-6-10-19(11-7-16)31-14-17-4-8-18(24)9-5-17/h4-11H,12-14H2,1-3H3,(H,25,26,27). The molecule has 0 saturated heterocycles. The molecule has 1 aromatic heterocycles. The number of fused-ring (bicyclic) bond motifs is 1. The van der Waals surface area contributed by atoms with Crippen LogP contribution in [0.2, 0.25) is 0 Å². The summed E-state index contributed by atoms with van der Waals surface area (Å²) in [6, 6.07) is 14.0. The maximum Gasteiger partial charge on any atom is 0.246 e. The molecule has 1 amide bonds. The number of ether oxygens (including phenoxy) is 1. The third-order valence-electron chi connectivity index (χ3n) is 5.18. The van der Waals surface area contributed by atoms with Gasteiger partial charge in [-0.15, -0.1) is 0 Å². The van der Waals surface area contributed by atoms with Gasteiger partial charge in [0, 0.05) is 20.6 Å². The summed E-state index contributed by atoms with van der Waals surface area (Å²) in [6.07, 6.45) is 0. The lowest BCUT2D eigenvalue weighted by Crippen LogP contribution is -2.43. The fourth-order valence-electron chi connectivity index (χ4n) is 3.43. The molecule has 31 heavy (non-hydrogen) atoms. The Morgan fingerprint density at radius 1 is 1.03 bits per heavy atom. The van der Waals surface area contributed by atoms with Gasteiger partial charge in [0.2, 0.25) is 11.9 Å². The van der Waals surface area contributed by atoms with E-state index in [2.05, 4.69) is 15.3 Å². The van der Waals surface area contributed by atoms with Gasteiger partial charge in [-0.2, -0.15) is 4.98 Å². The van der Waals surface area contributed by atoms with E-state index in [-0.39, 0.29) is 11.7 Å². The van der Waals surface area contributed by atoms with Crippen molar-refractivity contribution in [3.05, 3.63) is 71.2 Å². The van der Waals surface area contributed by atoms with E-state index in [1.54, 1.807) is 24.1 Å². The van der Waals surface area contributed by atoms with Crippen LogP contribution in [0.4, 0.5) is 21.8 Å². The van der Waals surface area contributed by atoms with Gasteiger partial charge in [-0.05, 0) is 42.3 Å². The van der Waals surface area contributed by atoms with E-state index in [9.17, 15) is 9.18 Å². The van der Waals surface area contributed by atoms with Crippen molar-refractivity contribution in [3.8, 4) is 5.75 Å². The minimum atomic E-state index is -0.258. The highest BCUT2D eigenvalue weighted by atomic mass is 19.1. The minimum absolute atomic E-state index is 0.0177. The molecule has 1 aliphatic heterocycles. The monoisotopic (exact) mass is 421 g/mol. The average Bonchev–Trinajstić information content (AvgIpc) is 2.76. The number of halogens is 1. The first-order valence-corrected chi connectivity index (χ1v) is 9.97. The third kappa shape index (κ3) is 4.58. The van der Waals surface area contributed by atoms with Crippen LogP contribution in [0.1, 0.15) is 16.8 Å². The van der Waals surface area contributed by atoms with Crippen LogP contribution < -0.4 is 19.9 Å². The van der Waals surface area contributed by atoms with E-state index in [0.717, 1.165) is 34.1 Å². The fourth-order valence-corrected chi connectivity index (χ4v) is 3.43. The number of carbonyl (C=O) groups excluding carboxylic acids is 1. The predicted octanol–water partition coefficient (Wildman–Crippen LogP) is 3.53. The molecular weight excluding hydrogens is 397 g/mol. The van der Waals surface area contributed by atoms with Crippen molar-refractivity contribution >= 4 is 23.4 Å². The number of benzene rings is 2. The molecule has 1 N–H and O–H groups in total. The summed E-state index contributed by atoms with van der Waals surface area (Å²) in [4.78, 5) is 24.6. The van der Waals surface area contributed by atoms with Crippen molar-refractivity contribution in [1.29, 1.82) is 0 Å². The average molecular weight is 421 g/mol. The Morgan fingerprint density at radius 2 is 1.71 bits per heavy atom. The third-order valence-corrected chi connectivity index (χ3v) is 5.18. The molecule has 0 bridgehead atoms. The Bertz CT molecular complexity index is 1090. The number of amides is 1. The normalized spacial score (nSPS) is 13.2. The van der Waals surface area contributed by atoms with Gasteiger partial charge in [-0.25, -0.2) is 9.37 Å². The van der Waals surface area contributed by atoms with Crippen molar-refractivity contribution in [2.45, 2.75) is 20.1 Å². The van der Waals surface area contributed by atoms with Gasteiger partial charge in [-0.1, -0.05) is 24.3 Å². The largest absolute Gasteiger partial charge is 0.489 e. The van der Waals surface area contributed by atoms with Crippen molar-refractivity contribution in [3.63, 3.8) is 0 Å². The first kappa shape index (κ1) is 20.6. The molecule has 0 saturated carbocycles. The van der Waals surface area contributed by atoms with E-state index < -0.39 is 0 Å². The smallest absolute Gasteiger partial charge is 0.246 e. The Balaban J connectivity index is 1.38. The van der Waals surface area contributed by atoms with Gasteiger partial charge in [0.15, 0.2) is 5.82 Å². The van der Waals surface area contributed by atoms with E-state index in [0.29, 0.717) is 25.6 Å². The van der Waals surface area contributed by atoms with Crippen molar-refractivity contribution in [2.75, 3.05) is 35.8 Å². The Hall–Kier alpha value is -3.68. The maximum atomic E-state index is 13.0. The number of aryl methyl sites for hydroxylation is 1. The lowest BCUT2D eigenvalue weighted by molar-refractivity contribution is -0.117. The molecule has 2 aromatic carbocycles. The molecule has 0 radical (unpaired) electrons. The summed E-state index contributed by atoms with van der Waals surface area (Å²) in [7, 11) is 3.60. The van der Waals surface area contributed by atoms with E-state index in [1.807, 2.05) is 43.1 Å². The van der Waals surface area contributed by atoms with E-state index in [4.69, 9.17) is 4.74 Å². The minimum Gasteiger partial charge on any atom is -0.489 e. The molecule has 3 aromatic rings. The molecule has 0 atom stereocenters. The highest BCUT2D eigenvalue weighted by Crippen LogP contribution is 2.33. The first-order chi connectivity index (χ1) is 14.9. The number of nitrogens with zero attached hydrogens (tertiary/aromatic N) is 4. The molecule has 4 rings (SSSR count). The lowest BCUT2D eigenvalue weighted by Gasteiger charge is -2.32. The van der Waals surface area contributed by atoms with Gasteiger partial charge in [0.05, 0.1) is 12.2 Å². The summed E-state index contributed by atoms with van der Waals surface area (Å²) in [5.41, 5.74) is 3.45. The van der Waals surface area contributed by atoms with Crippen LogP contribution in [-0.2, 0) is 17.9 Å². The summed E-state index contributed by atoms with van der Waals surface area (Å²) >= 11 is 0. The van der Waals surface area contributed by atoms with Gasteiger partial charge in [-0.3, -0.25) is 4.79 Å². The highest BCUT2D eigenvalue weighted by molar-refractivity contribution is 6.02. The van der Waals surface area contributed by atoms with E-state index >= 15 is 0 Å². The van der Waals surface area contributed by atoms with Gasteiger partial charge in [0.1, 0.15) is 23.9 Å². The maximum absolute atomic E-state index is 13.0. The summed E-state index contributed by atoms with van der Waals surface area (Å²) in [5, 5.41) is 3.25. The van der Waals surface area contributed by atoms with Crippen molar-refractivity contribution < 1.29 is 13.9 Å². The number of aromatic nitrogens is 2. The second-order valence-corrected chi connectivity index (χ2v) is 7.53. The van der Waals surface area contributed by atoms with Crippen LogP contribution in [0.15, 0.2) is 48.5 Å². The molecule has 0 spiro atoms. The molecule has 160 valence electrons. The topological polar surface area (TPSA) is 70.6 Å². The van der Waals surface area contributed by atoms with Gasteiger partial charge < -0.3 is 19.9 Å². The van der Waals surface area contributed by atoms with Gasteiger partial charge >= 0.3 is 0 Å². The van der Waals surface area contributed by atoms with Crippen molar-refractivity contribution in [2.24, 2.45) is 0 Å². The molecule has 0 fully saturated rings. The van der Waals surface area contributed by atoms with Gasteiger partial charge in [0.25, 0.3) is 0 Å². The lowest BCUT2D eigenvalue weighted by atomic mass is 10.2. The summed E-state index contributed by atoms with van der Waals surface area (Å²) in [5.74, 6) is 1.75. The second kappa shape index (κ2) is 8.59. The molecule has 2 heterocycles. The molecule has 0 unspecified atom stereocenters. The molecule has 1 aliphatic rings. The van der Waals surface area contributed by atoms with Crippen LogP contribution in [0.3, 0.4) is 0 Å². The number of hydrogen-bond donors (Lipinski definition) is 1. The number of anilines is 3. The number of hydrogen-bond acceptors (Lipinski definition) is 6. The molecule has 8 heteroatoms. The Labute approximate surface area is 180 Å². The van der Waals surface area contributed by atoms with E-state index in [1.165, 1.54) is 12.1 Å². The Kier molecular flexibility index (Phi) is 5.70. The molecular formula is C23H24FN5O2. The number of likely N-dealkylation sites (N-methyl/N-ethyl adjacent to an activating group) is 2. The SMILES string of the molecule is Cc1nc(NCc2ccc(OCc3ccc(F)cc3)cc2)nc2c1N(C)C(=O)CN2C. The fraction of sp³-hybridized carbons (Fsp3) is 0.261. The number of rotatable bonds is 6. The van der Waals surface area contributed by atoms with Crippen molar-refractivity contribution in [1.82, 2.24) is 9.97 Å². The first-order valence-electron chi connectivity index (χ1n) is 9.97. The van der Waals surface area contributed by atoms with Crippen LogP contribution >= 0.6 is 0 Å². The zero-order valence-corrected chi connectivity index (χ0v) is 17.7. The number of nitrogens with one attached hydrogen (secondary N) is 1. The number of carbonyl (C=O) groups is 1. The molecule has 0 aliphatic carbocycles.